The highest BCUT2D eigenvalue weighted by atomic mass is 35.5. The number of halogens is 2. The van der Waals surface area contributed by atoms with E-state index in [-0.39, 0.29) is 17.5 Å². The summed E-state index contributed by atoms with van der Waals surface area (Å²) in [7, 11) is 0. The molecule has 0 bridgehead atoms. The van der Waals surface area contributed by atoms with E-state index in [1.807, 2.05) is 11.5 Å². The van der Waals surface area contributed by atoms with Gasteiger partial charge in [0.15, 0.2) is 11.0 Å². The zero-order chi connectivity index (χ0) is 21.0. The van der Waals surface area contributed by atoms with Gasteiger partial charge < -0.3 is 9.88 Å². The van der Waals surface area contributed by atoms with Crippen molar-refractivity contribution in [2.24, 2.45) is 5.92 Å². The van der Waals surface area contributed by atoms with Crippen molar-refractivity contribution in [3.8, 4) is 11.4 Å². The Bertz CT molecular complexity index is 1020. The molecule has 0 aliphatic carbocycles. The van der Waals surface area contributed by atoms with E-state index >= 15 is 0 Å². The van der Waals surface area contributed by atoms with Crippen LogP contribution in [0.25, 0.3) is 11.4 Å². The van der Waals surface area contributed by atoms with Crippen molar-refractivity contribution in [2.75, 3.05) is 11.1 Å². The second kappa shape index (κ2) is 9.41. The van der Waals surface area contributed by atoms with E-state index in [1.54, 1.807) is 36.4 Å². The lowest BCUT2D eigenvalue weighted by Gasteiger charge is -2.13. The van der Waals surface area contributed by atoms with E-state index in [1.165, 1.54) is 17.8 Å². The average Bonchev–Trinajstić information content (AvgIpc) is 3.06. The van der Waals surface area contributed by atoms with Gasteiger partial charge in [0.05, 0.1) is 11.3 Å². The summed E-state index contributed by atoms with van der Waals surface area (Å²) in [6.45, 7) is 6.60. The molecule has 5 nitrogen and oxygen atoms in total. The summed E-state index contributed by atoms with van der Waals surface area (Å²) in [5.41, 5.74) is 1.89. The summed E-state index contributed by atoms with van der Waals surface area (Å²) in [6.07, 6.45) is 0. The van der Waals surface area contributed by atoms with Gasteiger partial charge in [-0.3, -0.25) is 4.79 Å². The SMILES string of the molecule is Cc1c(Cl)cccc1NC(=O)CSc1nnc(-c2ccccc2F)n1CC(C)C. The summed E-state index contributed by atoms with van der Waals surface area (Å²) >= 11 is 7.37. The van der Waals surface area contributed by atoms with Crippen LogP contribution in [0, 0.1) is 18.7 Å². The predicted molar refractivity (Wildman–Crippen MR) is 116 cm³/mol. The summed E-state index contributed by atoms with van der Waals surface area (Å²) in [5.74, 6) is 0.395. The molecule has 29 heavy (non-hydrogen) atoms. The fraction of sp³-hybridized carbons (Fsp3) is 0.286. The Kier molecular flexibility index (Phi) is 6.92. The van der Waals surface area contributed by atoms with Gasteiger partial charge in [0.1, 0.15) is 5.82 Å². The maximum absolute atomic E-state index is 14.3. The lowest BCUT2D eigenvalue weighted by atomic mass is 10.2. The van der Waals surface area contributed by atoms with Gasteiger partial charge in [-0.15, -0.1) is 10.2 Å². The molecular weight excluding hydrogens is 411 g/mol. The summed E-state index contributed by atoms with van der Waals surface area (Å²) in [5, 5.41) is 12.4. The van der Waals surface area contributed by atoms with Crippen LogP contribution in [0.15, 0.2) is 47.6 Å². The minimum absolute atomic E-state index is 0.152. The number of thioether (sulfide) groups is 1. The van der Waals surface area contributed by atoms with Crippen molar-refractivity contribution in [3.63, 3.8) is 0 Å². The van der Waals surface area contributed by atoms with E-state index in [0.717, 1.165) is 5.56 Å². The van der Waals surface area contributed by atoms with Gasteiger partial charge in [-0.05, 0) is 42.7 Å². The lowest BCUT2D eigenvalue weighted by molar-refractivity contribution is -0.113. The van der Waals surface area contributed by atoms with Gasteiger partial charge in [0, 0.05) is 17.3 Å². The molecule has 0 atom stereocenters. The quantitative estimate of drug-likeness (QED) is 0.505. The van der Waals surface area contributed by atoms with Crippen molar-refractivity contribution in [3.05, 3.63) is 58.9 Å². The number of aromatic nitrogens is 3. The van der Waals surface area contributed by atoms with Crippen LogP contribution in [0.4, 0.5) is 10.1 Å². The van der Waals surface area contributed by atoms with Gasteiger partial charge in [-0.1, -0.05) is 55.4 Å². The molecule has 1 aromatic heterocycles. The number of nitrogens with zero attached hydrogens (tertiary/aromatic N) is 3. The Hall–Kier alpha value is -2.38. The third-order valence-electron chi connectivity index (χ3n) is 4.25. The van der Waals surface area contributed by atoms with Crippen LogP contribution in [0.1, 0.15) is 19.4 Å². The third-order valence-corrected chi connectivity index (χ3v) is 5.63. The molecule has 0 spiro atoms. The molecule has 0 unspecified atom stereocenters. The van der Waals surface area contributed by atoms with Crippen LogP contribution in [0.2, 0.25) is 5.02 Å². The van der Waals surface area contributed by atoms with Crippen LogP contribution in [-0.2, 0) is 11.3 Å². The molecule has 0 saturated carbocycles. The fourth-order valence-corrected chi connectivity index (χ4v) is 3.75. The summed E-state index contributed by atoms with van der Waals surface area (Å²) in [4.78, 5) is 12.4. The number of hydrogen-bond donors (Lipinski definition) is 1. The highest BCUT2D eigenvalue weighted by molar-refractivity contribution is 7.99. The van der Waals surface area contributed by atoms with Crippen LogP contribution in [-0.4, -0.2) is 26.4 Å². The fourth-order valence-electron chi connectivity index (χ4n) is 2.83. The molecule has 1 heterocycles. The zero-order valence-electron chi connectivity index (χ0n) is 16.4. The van der Waals surface area contributed by atoms with Crippen molar-refractivity contribution < 1.29 is 9.18 Å². The third kappa shape index (κ3) is 5.16. The van der Waals surface area contributed by atoms with Gasteiger partial charge >= 0.3 is 0 Å². The van der Waals surface area contributed by atoms with E-state index in [4.69, 9.17) is 11.6 Å². The van der Waals surface area contributed by atoms with E-state index < -0.39 is 0 Å². The molecule has 0 aliphatic rings. The minimum atomic E-state index is -0.351. The van der Waals surface area contributed by atoms with E-state index in [9.17, 15) is 9.18 Å². The Morgan fingerprint density at radius 1 is 1.21 bits per heavy atom. The number of hydrogen-bond acceptors (Lipinski definition) is 4. The van der Waals surface area contributed by atoms with Gasteiger partial charge in [0.25, 0.3) is 0 Å². The highest BCUT2D eigenvalue weighted by Gasteiger charge is 2.19. The van der Waals surface area contributed by atoms with E-state index in [0.29, 0.717) is 39.7 Å². The van der Waals surface area contributed by atoms with Crippen molar-refractivity contribution in [1.82, 2.24) is 14.8 Å². The Morgan fingerprint density at radius 3 is 2.69 bits per heavy atom. The molecule has 0 radical (unpaired) electrons. The molecule has 1 N–H and O–H groups in total. The highest BCUT2D eigenvalue weighted by Crippen LogP contribution is 2.27. The molecule has 8 heteroatoms. The number of rotatable bonds is 7. The average molecular weight is 433 g/mol. The zero-order valence-corrected chi connectivity index (χ0v) is 18.0. The molecule has 3 aromatic rings. The maximum atomic E-state index is 14.3. The van der Waals surface area contributed by atoms with Gasteiger partial charge in [-0.25, -0.2) is 4.39 Å². The number of benzene rings is 2. The molecule has 152 valence electrons. The predicted octanol–water partition coefficient (Wildman–Crippen LogP) is 5.43. The second-order valence-corrected chi connectivity index (χ2v) is 8.39. The number of carbonyl (C=O) groups excluding carboxylic acids is 1. The largest absolute Gasteiger partial charge is 0.325 e. The van der Waals surface area contributed by atoms with Crippen LogP contribution in [0.5, 0.6) is 0 Å². The van der Waals surface area contributed by atoms with Crippen molar-refractivity contribution >= 4 is 35.0 Å². The topological polar surface area (TPSA) is 59.8 Å². The monoisotopic (exact) mass is 432 g/mol. The van der Waals surface area contributed by atoms with Crippen molar-refractivity contribution in [1.29, 1.82) is 0 Å². The first-order chi connectivity index (χ1) is 13.9. The van der Waals surface area contributed by atoms with E-state index in [2.05, 4.69) is 29.4 Å². The molecular formula is C21H22ClFN4OS. The molecule has 0 saturated heterocycles. The standard InChI is InChI=1S/C21H22ClFN4OS/c1-13(2)11-27-20(15-7-4-5-9-17(15)23)25-26-21(27)29-12-19(28)24-18-10-6-8-16(22)14(18)3/h4-10,13H,11-12H2,1-3H3,(H,24,28). The first-order valence-electron chi connectivity index (χ1n) is 9.22. The second-order valence-electron chi connectivity index (χ2n) is 7.04. The van der Waals surface area contributed by atoms with Crippen molar-refractivity contribution in [2.45, 2.75) is 32.5 Å². The lowest BCUT2D eigenvalue weighted by Crippen LogP contribution is -2.16. The van der Waals surface area contributed by atoms with Gasteiger partial charge in [0.2, 0.25) is 5.91 Å². The summed E-state index contributed by atoms with van der Waals surface area (Å²) < 4.78 is 16.1. The van der Waals surface area contributed by atoms with Crippen LogP contribution < -0.4 is 5.32 Å². The van der Waals surface area contributed by atoms with Crippen LogP contribution in [0.3, 0.4) is 0 Å². The van der Waals surface area contributed by atoms with Gasteiger partial charge in [-0.2, -0.15) is 0 Å². The Morgan fingerprint density at radius 2 is 1.97 bits per heavy atom. The number of carbonyl (C=O) groups is 1. The van der Waals surface area contributed by atoms with Crippen LogP contribution >= 0.6 is 23.4 Å². The molecule has 0 fully saturated rings. The first-order valence-corrected chi connectivity index (χ1v) is 10.6. The Balaban J connectivity index is 1.77. The summed E-state index contributed by atoms with van der Waals surface area (Å²) in [6, 6.07) is 11.9. The normalized spacial score (nSPS) is 11.1. The number of amides is 1. The molecule has 3 rings (SSSR count). The smallest absolute Gasteiger partial charge is 0.234 e. The molecule has 2 aromatic carbocycles. The number of nitrogens with one attached hydrogen (secondary N) is 1. The number of anilines is 1. The first kappa shape index (κ1) is 21.3. The Labute approximate surface area is 178 Å². The maximum Gasteiger partial charge on any atom is 0.234 e. The minimum Gasteiger partial charge on any atom is -0.325 e. The molecule has 0 aliphatic heterocycles. The molecule has 1 amide bonds.